The molecule has 94 valence electrons. The zero-order valence-corrected chi connectivity index (χ0v) is 10.4. The second kappa shape index (κ2) is 6.91. The highest BCUT2D eigenvalue weighted by Gasteiger charge is 1.99. The Labute approximate surface area is 112 Å². The first-order valence-corrected chi connectivity index (χ1v) is 5.88. The van der Waals surface area contributed by atoms with Gasteiger partial charge in [-0.15, -0.1) is 5.10 Å². The largest absolute Gasteiger partial charge is 0.346 e. The molecule has 1 heterocycles. The molecule has 0 bridgehead atoms. The molecule has 0 aliphatic heterocycles. The Balaban J connectivity index is 0.000000224. The van der Waals surface area contributed by atoms with Crippen molar-refractivity contribution in [2.45, 2.75) is 0 Å². The quantitative estimate of drug-likeness (QED) is 0.694. The molecule has 3 rings (SSSR count). The van der Waals surface area contributed by atoms with Crippen LogP contribution in [-0.4, -0.2) is 10.4 Å². The molecule has 0 saturated heterocycles. The van der Waals surface area contributed by atoms with E-state index in [-0.39, 0.29) is 0 Å². The zero-order chi connectivity index (χ0) is 13.3. The molecule has 2 aromatic carbocycles. The third-order valence-corrected chi connectivity index (χ3v) is 2.53. The SMILES string of the molecule is C=C(c1ccccc1)c1ccccc1.c1conn1. The molecule has 0 amide bonds. The Morgan fingerprint density at radius 1 is 0.842 bits per heavy atom. The van der Waals surface area contributed by atoms with Gasteiger partial charge in [0.1, 0.15) is 6.26 Å². The van der Waals surface area contributed by atoms with Crippen molar-refractivity contribution >= 4 is 5.57 Å². The van der Waals surface area contributed by atoms with Crippen LogP contribution in [0.4, 0.5) is 0 Å². The van der Waals surface area contributed by atoms with Gasteiger partial charge in [0.2, 0.25) is 0 Å². The van der Waals surface area contributed by atoms with E-state index in [0.29, 0.717) is 0 Å². The summed E-state index contributed by atoms with van der Waals surface area (Å²) >= 11 is 0. The smallest absolute Gasteiger partial charge is 0.144 e. The molecule has 0 saturated carbocycles. The van der Waals surface area contributed by atoms with Crippen LogP contribution in [0.25, 0.3) is 5.57 Å². The summed E-state index contributed by atoms with van der Waals surface area (Å²) in [6.45, 7) is 4.10. The maximum atomic E-state index is 4.22. The van der Waals surface area contributed by atoms with Crippen LogP contribution in [0.5, 0.6) is 0 Å². The van der Waals surface area contributed by atoms with Crippen LogP contribution in [0.15, 0.2) is 84.2 Å². The Bertz CT molecular complexity index is 530. The lowest BCUT2D eigenvalue weighted by atomic mass is 10.0. The van der Waals surface area contributed by atoms with Crippen molar-refractivity contribution in [2.24, 2.45) is 0 Å². The highest BCUT2D eigenvalue weighted by molar-refractivity contribution is 5.77. The van der Waals surface area contributed by atoms with Crippen molar-refractivity contribution in [3.8, 4) is 0 Å². The van der Waals surface area contributed by atoms with E-state index in [1.54, 1.807) is 0 Å². The Morgan fingerprint density at radius 3 is 1.68 bits per heavy atom. The van der Waals surface area contributed by atoms with Gasteiger partial charge in [-0.2, -0.15) is 0 Å². The molecule has 0 unspecified atom stereocenters. The molecular weight excluding hydrogens is 236 g/mol. The average molecular weight is 250 g/mol. The normalized spacial score (nSPS) is 9.26. The fourth-order valence-corrected chi connectivity index (χ4v) is 1.58. The molecule has 0 radical (unpaired) electrons. The molecular formula is C16H14N2O. The summed E-state index contributed by atoms with van der Waals surface area (Å²) in [4.78, 5) is 0. The Kier molecular flexibility index (Phi) is 4.64. The van der Waals surface area contributed by atoms with Gasteiger partial charge in [-0.1, -0.05) is 67.2 Å². The third kappa shape index (κ3) is 3.92. The summed E-state index contributed by atoms with van der Waals surface area (Å²) in [7, 11) is 0. The second-order valence-corrected chi connectivity index (χ2v) is 3.80. The van der Waals surface area contributed by atoms with Crippen LogP contribution in [0.2, 0.25) is 0 Å². The Morgan fingerprint density at radius 2 is 1.37 bits per heavy atom. The van der Waals surface area contributed by atoms with Crippen LogP contribution < -0.4 is 0 Å². The van der Waals surface area contributed by atoms with Crippen LogP contribution in [-0.2, 0) is 0 Å². The minimum atomic E-state index is 1.08. The van der Waals surface area contributed by atoms with Crippen molar-refractivity contribution in [3.63, 3.8) is 0 Å². The van der Waals surface area contributed by atoms with E-state index in [9.17, 15) is 0 Å². The highest BCUT2D eigenvalue weighted by Crippen LogP contribution is 2.20. The third-order valence-electron chi connectivity index (χ3n) is 2.53. The van der Waals surface area contributed by atoms with Crippen molar-refractivity contribution in [3.05, 3.63) is 90.8 Å². The van der Waals surface area contributed by atoms with Gasteiger partial charge in [0.15, 0.2) is 0 Å². The van der Waals surface area contributed by atoms with Gasteiger partial charge < -0.3 is 4.52 Å². The van der Waals surface area contributed by atoms with Crippen LogP contribution in [0, 0.1) is 0 Å². The van der Waals surface area contributed by atoms with Crippen molar-refractivity contribution in [2.75, 3.05) is 0 Å². The first-order valence-electron chi connectivity index (χ1n) is 5.88. The molecule has 3 heteroatoms. The summed E-state index contributed by atoms with van der Waals surface area (Å²) < 4.78 is 4.22. The number of benzene rings is 2. The number of nitrogens with zero attached hydrogens (tertiary/aromatic N) is 2. The number of hydrogen-bond acceptors (Lipinski definition) is 3. The maximum absolute atomic E-state index is 4.22. The fraction of sp³-hybridized carbons (Fsp3) is 0. The van der Waals surface area contributed by atoms with Gasteiger partial charge in [0, 0.05) is 5.27 Å². The molecule has 1 aromatic heterocycles. The highest BCUT2D eigenvalue weighted by atomic mass is 16.5. The van der Waals surface area contributed by atoms with Gasteiger partial charge in [-0.05, 0) is 16.7 Å². The minimum absolute atomic E-state index is 1.08. The molecule has 19 heavy (non-hydrogen) atoms. The van der Waals surface area contributed by atoms with Crippen molar-refractivity contribution < 1.29 is 4.52 Å². The van der Waals surface area contributed by atoms with Crippen molar-refractivity contribution in [1.29, 1.82) is 0 Å². The molecule has 0 fully saturated rings. The molecule has 3 nitrogen and oxygen atoms in total. The second-order valence-electron chi connectivity index (χ2n) is 3.80. The van der Waals surface area contributed by atoms with Gasteiger partial charge >= 0.3 is 0 Å². The van der Waals surface area contributed by atoms with E-state index in [2.05, 4.69) is 45.7 Å². The van der Waals surface area contributed by atoms with Crippen LogP contribution >= 0.6 is 0 Å². The molecule has 3 aromatic rings. The van der Waals surface area contributed by atoms with E-state index in [1.165, 1.54) is 23.6 Å². The van der Waals surface area contributed by atoms with Crippen molar-refractivity contribution in [1.82, 2.24) is 10.4 Å². The first-order chi connectivity index (χ1) is 9.38. The van der Waals surface area contributed by atoms with Gasteiger partial charge in [-0.25, -0.2) is 0 Å². The molecule has 0 aliphatic rings. The topological polar surface area (TPSA) is 38.9 Å². The predicted octanol–water partition coefficient (Wildman–Crippen LogP) is 3.82. The molecule has 0 atom stereocenters. The standard InChI is InChI=1S/C14H12.C2H2N2O/c1-12(13-8-4-2-5-9-13)14-10-6-3-7-11-14;1-2-5-4-3-1/h2-11H,1H2;1-2H. The fourth-order valence-electron chi connectivity index (χ4n) is 1.58. The van der Waals surface area contributed by atoms with E-state index < -0.39 is 0 Å². The average Bonchev–Trinajstić information content (AvgIpc) is 3.08. The van der Waals surface area contributed by atoms with E-state index >= 15 is 0 Å². The predicted molar refractivity (Wildman–Crippen MR) is 75.3 cm³/mol. The summed E-state index contributed by atoms with van der Waals surface area (Å²) in [6, 6.07) is 20.5. The summed E-state index contributed by atoms with van der Waals surface area (Å²) in [6.07, 6.45) is 2.88. The summed E-state index contributed by atoms with van der Waals surface area (Å²) in [5.41, 5.74) is 3.43. The number of rotatable bonds is 2. The zero-order valence-electron chi connectivity index (χ0n) is 10.4. The molecule has 0 spiro atoms. The lowest BCUT2D eigenvalue weighted by Crippen LogP contribution is -1.84. The lowest BCUT2D eigenvalue weighted by molar-refractivity contribution is 0.393. The molecule has 0 N–H and O–H groups in total. The Hall–Kier alpha value is -2.68. The summed E-state index contributed by atoms with van der Waals surface area (Å²) in [5, 5.41) is 6.40. The first kappa shape index (κ1) is 12.8. The van der Waals surface area contributed by atoms with Gasteiger partial charge in [-0.3, -0.25) is 0 Å². The number of hydrogen-bond donors (Lipinski definition) is 0. The minimum Gasteiger partial charge on any atom is -0.346 e. The lowest BCUT2D eigenvalue weighted by Gasteiger charge is -2.04. The van der Waals surface area contributed by atoms with Crippen LogP contribution in [0.1, 0.15) is 11.1 Å². The van der Waals surface area contributed by atoms with Gasteiger partial charge in [0.05, 0.1) is 6.20 Å². The number of aromatic nitrogens is 2. The maximum Gasteiger partial charge on any atom is 0.144 e. The monoisotopic (exact) mass is 250 g/mol. The van der Waals surface area contributed by atoms with Crippen LogP contribution in [0.3, 0.4) is 0 Å². The summed E-state index contributed by atoms with van der Waals surface area (Å²) in [5.74, 6) is 0. The van der Waals surface area contributed by atoms with Gasteiger partial charge in [0.25, 0.3) is 0 Å². The molecule has 0 aliphatic carbocycles. The van der Waals surface area contributed by atoms with E-state index in [4.69, 9.17) is 0 Å². The van der Waals surface area contributed by atoms with E-state index in [1.807, 2.05) is 36.4 Å². The van der Waals surface area contributed by atoms with E-state index in [0.717, 1.165) is 5.57 Å².